The predicted molar refractivity (Wildman–Crippen MR) is 63.5 cm³/mol. The molecule has 1 aliphatic rings. The highest BCUT2D eigenvalue weighted by molar-refractivity contribution is 5.59. The van der Waals surface area contributed by atoms with Crippen LogP contribution in [-0.2, 0) is 10.9 Å². The van der Waals surface area contributed by atoms with Crippen LogP contribution in [0.15, 0.2) is 18.2 Å². The van der Waals surface area contributed by atoms with Gasteiger partial charge in [-0.15, -0.1) is 0 Å². The molecule has 1 unspecified atom stereocenters. The van der Waals surface area contributed by atoms with E-state index in [1.807, 2.05) is 11.8 Å². The Labute approximate surface area is 103 Å². The van der Waals surface area contributed by atoms with E-state index in [1.54, 1.807) is 6.07 Å². The molecular weight excluding hydrogens is 245 g/mol. The lowest BCUT2D eigenvalue weighted by Gasteiger charge is -2.33. The molecule has 0 spiro atoms. The average molecular weight is 260 g/mol. The Hall–Kier alpha value is -1.43. The summed E-state index contributed by atoms with van der Waals surface area (Å²) in [5.74, 6) is 0. The Morgan fingerprint density at radius 3 is 2.67 bits per heavy atom. The van der Waals surface area contributed by atoms with E-state index in [0.29, 0.717) is 25.4 Å². The fraction of sp³-hybridized carbons (Fsp3) is 0.500. The van der Waals surface area contributed by atoms with Gasteiger partial charge in [-0.25, -0.2) is 0 Å². The van der Waals surface area contributed by atoms with E-state index in [-0.39, 0.29) is 11.8 Å². The zero-order valence-corrected chi connectivity index (χ0v) is 10.00. The number of morpholine rings is 1. The van der Waals surface area contributed by atoms with E-state index in [4.69, 9.17) is 10.5 Å². The Kier molecular flexibility index (Phi) is 3.38. The number of nitrogens with two attached hydrogens (primary N) is 1. The molecule has 0 amide bonds. The molecule has 0 saturated carbocycles. The topological polar surface area (TPSA) is 38.5 Å². The fourth-order valence-corrected chi connectivity index (χ4v) is 2.03. The molecule has 1 heterocycles. The highest BCUT2D eigenvalue weighted by Gasteiger charge is 2.31. The van der Waals surface area contributed by atoms with Crippen LogP contribution in [0, 0.1) is 0 Å². The molecule has 1 aliphatic heterocycles. The number of halogens is 3. The first-order valence-electron chi connectivity index (χ1n) is 5.70. The van der Waals surface area contributed by atoms with Crippen molar-refractivity contribution in [3.8, 4) is 0 Å². The second-order valence-electron chi connectivity index (χ2n) is 4.44. The third kappa shape index (κ3) is 2.87. The molecule has 1 aromatic carbocycles. The van der Waals surface area contributed by atoms with Crippen LogP contribution in [0.25, 0.3) is 0 Å². The van der Waals surface area contributed by atoms with Crippen molar-refractivity contribution < 1.29 is 17.9 Å². The molecule has 18 heavy (non-hydrogen) atoms. The van der Waals surface area contributed by atoms with Crippen molar-refractivity contribution in [2.24, 2.45) is 0 Å². The number of ether oxygens (including phenoxy) is 1. The molecule has 2 N–H and O–H groups in total. The van der Waals surface area contributed by atoms with Gasteiger partial charge in [-0.1, -0.05) is 0 Å². The summed E-state index contributed by atoms with van der Waals surface area (Å²) in [7, 11) is 0. The lowest BCUT2D eigenvalue weighted by atomic mass is 10.1. The van der Waals surface area contributed by atoms with Crippen molar-refractivity contribution in [3.63, 3.8) is 0 Å². The van der Waals surface area contributed by atoms with Gasteiger partial charge in [0, 0.05) is 24.5 Å². The summed E-state index contributed by atoms with van der Waals surface area (Å²) in [4.78, 5) is 1.86. The van der Waals surface area contributed by atoms with Gasteiger partial charge in [-0.2, -0.15) is 13.2 Å². The van der Waals surface area contributed by atoms with Gasteiger partial charge in [0.05, 0.1) is 18.3 Å². The standard InChI is InChI=1S/C12H15F3N2O/c1-8-7-17(2-3-18-8)11-5-9(12(13,14)15)4-10(16)6-11/h4-6,8H,2-3,7,16H2,1H3. The van der Waals surface area contributed by atoms with Crippen LogP contribution in [0.4, 0.5) is 24.5 Å². The van der Waals surface area contributed by atoms with E-state index in [9.17, 15) is 13.2 Å². The number of benzene rings is 1. The van der Waals surface area contributed by atoms with Crippen LogP contribution in [0.5, 0.6) is 0 Å². The molecule has 100 valence electrons. The minimum Gasteiger partial charge on any atom is -0.399 e. The van der Waals surface area contributed by atoms with Gasteiger partial charge >= 0.3 is 6.18 Å². The van der Waals surface area contributed by atoms with Crippen molar-refractivity contribution in [2.45, 2.75) is 19.2 Å². The Morgan fingerprint density at radius 2 is 2.06 bits per heavy atom. The summed E-state index contributed by atoms with van der Waals surface area (Å²) < 4.78 is 43.4. The van der Waals surface area contributed by atoms with Gasteiger partial charge in [0.2, 0.25) is 0 Å². The van der Waals surface area contributed by atoms with Crippen LogP contribution < -0.4 is 10.6 Å². The largest absolute Gasteiger partial charge is 0.416 e. The summed E-state index contributed by atoms with van der Waals surface area (Å²) in [5, 5.41) is 0. The average Bonchev–Trinajstić information content (AvgIpc) is 2.27. The van der Waals surface area contributed by atoms with Gasteiger partial charge in [-0.05, 0) is 25.1 Å². The summed E-state index contributed by atoms with van der Waals surface area (Å²) >= 11 is 0. The normalized spacial score (nSPS) is 21.1. The molecule has 0 aromatic heterocycles. The Morgan fingerprint density at radius 1 is 1.33 bits per heavy atom. The molecule has 6 heteroatoms. The summed E-state index contributed by atoms with van der Waals surface area (Å²) in [6, 6.07) is 3.65. The van der Waals surface area contributed by atoms with Gasteiger partial charge < -0.3 is 15.4 Å². The van der Waals surface area contributed by atoms with Crippen LogP contribution in [0.3, 0.4) is 0 Å². The molecule has 1 atom stereocenters. The van der Waals surface area contributed by atoms with E-state index in [0.717, 1.165) is 12.1 Å². The molecule has 1 saturated heterocycles. The number of nitrogens with zero attached hydrogens (tertiary/aromatic N) is 1. The van der Waals surface area contributed by atoms with E-state index < -0.39 is 11.7 Å². The lowest BCUT2D eigenvalue weighted by Crippen LogP contribution is -2.41. The molecule has 0 bridgehead atoms. The number of rotatable bonds is 1. The molecule has 1 aromatic rings. The number of hydrogen-bond acceptors (Lipinski definition) is 3. The summed E-state index contributed by atoms with van der Waals surface area (Å²) in [5.41, 5.74) is 5.45. The number of hydrogen-bond donors (Lipinski definition) is 1. The maximum atomic E-state index is 12.7. The zero-order valence-electron chi connectivity index (χ0n) is 10.00. The minimum absolute atomic E-state index is 0.00881. The number of alkyl halides is 3. The fourth-order valence-electron chi connectivity index (χ4n) is 2.03. The lowest BCUT2D eigenvalue weighted by molar-refractivity contribution is -0.137. The Bertz CT molecular complexity index is 434. The SMILES string of the molecule is CC1CN(c2cc(N)cc(C(F)(F)F)c2)CCO1. The highest BCUT2D eigenvalue weighted by atomic mass is 19.4. The summed E-state index contributed by atoms with van der Waals surface area (Å²) in [6.45, 7) is 3.55. The molecule has 0 radical (unpaired) electrons. The molecule has 1 fully saturated rings. The van der Waals surface area contributed by atoms with E-state index in [1.165, 1.54) is 0 Å². The van der Waals surface area contributed by atoms with Crippen molar-refractivity contribution in [1.82, 2.24) is 0 Å². The van der Waals surface area contributed by atoms with Gasteiger partial charge in [0.15, 0.2) is 0 Å². The van der Waals surface area contributed by atoms with Crippen LogP contribution >= 0.6 is 0 Å². The molecule has 3 nitrogen and oxygen atoms in total. The van der Waals surface area contributed by atoms with Gasteiger partial charge in [0.1, 0.15) is 0 Å². The molecular formula is C12H15F3N2O. The first-order valence-corrected chi connectivity index (χ1v) is 5.70. The van der Waals surface area contributed by atoms with Crippen molar-refractivity contribution in [3.05, 3.63) is 23.8 Å². The van der Waals surface area contributed by atoms with E-state index >= 15 is 0 Å². The van der Waals surface area contributed by atoms with Crippen molar-refractivity contribution in [1.29, 1.82) is 0 Å². The summed E-state index contributed by atoms with van der Waals surface area (Å²) in [6.07, 6.45) is -4.36. The zero-order chi connectivity index (χ0) is 13.3. The van der Waals surface area contributed by atoms with Gasteiger partial charge in [0.25, 0.3) is 0 Å². The minimum atomic E-state index is -4.37. The first kappa shape index (κ1) is 13.0. The third-order valence-corrected chi connectivity index (χ3v) is 2.87. The van der Waals surface area contributed by atoms with E-state index in [2.05, 4.69) is 0 Å². The quantitative estimate of drug-likeness (QED) is 0.788. The maximum Gasteiger partial charge on any atom is 0.416 e. The maximum absolute atomic E-state index is 12.7. The molecule has 0 aliphatic carbocycles. The van der Waals surface area contributed by atoms with Crippen LogP contribution in [0.2, 0.25) is 0 Å². The Balaban J connectivity index is 2.30. The van der Waals surface area contributed by atoms with Crippen molar-refractivity contribution in [2.75, 3.05) is 30.3 Å². The highest BCUT2D eigenvalue weighted by Crippen LogP contribution is 2.34. The van der Waals surface area contributed by atoms with Crippen molar-refractivity contribution >= 4 is 11.4 Å². The van der Waals surface area contributed by atoms with Gasteiger partial charge in [-0.3, -0.25) is 0 Å². The number of nitrogen functional groups attached to an aromatic ring is 1. The predicted octanol–water partition coefficient (Wildman–Crippen LogP) is 2.51. The molecule has 2 rings (SSSR count). The second-order valence-corrected chi connectivity index (χ2v) is 4.44. The third-order valence-electron chi connectivity index (χ3n) is 2.87. The monoisotopic (exact) mass is 260 g/mol. The van der Waals surface area contributed by atoms with Crippen LogP contribution in [0.1, 0.15) is 12.5 Å². The smallest absolute Gasteiger partial charge is 0.399 e. The van der Waals surface area contributed by atoms with Crippen LogP contribution in [-0.4, -0.2) is 25.8 Å². The second kappa shape index (κ2) is 4.68. The first-order chi connectivity index (χ1) is 8.36. The number of anilines is 2.